The normalized spacial score (nSPS) is 10.4. The van der Waals surface area contributed by atoms with E-state index in [2.05, 4.69) is 12.0 Å². The number of nitrogens with two attached hydrogens (primary N) is 1. The Morgan fingerprint density at radius 3 is 2.84 bits per heavy atom. The van der Waals surface area contributed by atoms with Gasteiger partial charge in [-0.15, -0.1) is 0 Å². The summed E-state index contributed by atoms with van der Waals surface area (Å²) in [5, 5.41) is 4.18. The first kappa shape index (κ1) is 13.1. The van der Waals surface area contributed by atoms with Crippen LogP contribution in [-0.2, 0) is 6.54 Å². The lowest BCUT2D eigenvalue weighted by molar-refractivity contribution is 0.101. The molecular weight excluding hydrogens is 242 g/mol. The topological polar surface area (TPSA) is 70.1 Å². The number of ether oxygens (including phenoxy) is 1. The molecule has 0 radical (unpaired) electrons. The summed E-state index contributed by atoms with van der Waals surface area (Å²) < 4.78 is 7.47. The molecule has 100 valence electrons. The Hall–Kier alpha value is -2.30. The van der Waals surface area contributed by atoms with Crippen LogP contribution in [0.3, 0.4) is 0 Å². The van der Waals surface area contributed by atoms with Crippen molar-refractivity contribution in [3.05, 3.63) is 36.2 Å². The van der Waals surface area contributed by atoms with Gasteiger partial charge in [-0.1, -0.05) is 6.92 Å². The molecule has 0 aliphatic heterocycles. The van der Waals surface area contributed by atoms with E-state index in [9.17, 15) is 4.79 Å². The third-order valence-corrected chi connectivity index (χ3v) is 2.70. The zero-order chi connectivity index (χ0) is 13.8. The lowest BCUT2D eigenvalue weighted by Crippen LogP contribution is -1.99. The van der Waals surface area contributed by atoms with Gasteiger partial charge in [-0.2, -0.15) is 5.10 Å². The van der Waals surface area contributed by atoms with Crippen LogP contribution in [-0.4, -0.2) is 15.6 Å². The molecule has 19 heavy (non-hydrogen) atoms. The first-order valence-electron chi connectivity index (χ1n) is 6.21. The summed E-state index contributed by atoms with van der Waals surface area (Å²) in [5.41, 5.74) is 6.74. The largest absolute Gasteiger partial charge is 0.454 e. The molecule has 0 atom stereocenters. The number of ketones is 1. The lowest BCUT2D eigenvalue weighted by Gasteiger charge is -2.06. The molecule has 0 saturated heterocycles. The number of aryl methyl sites for hydroxylation is 1. The van der Waals surface area contributed by atoms with Gasteiger partial charge in [-0.25, -0.2) is 0 Å². The summed E-state index contributed by atoms with van der Waals surface area (Å²) in [5.74, 6) is 1.20. The number of Topliss-reactive ketones (excluding diaryl/α,β-unsaturated/α-hetero) is 1. The molecule has 0 aliphatic rings. The predicted molar refractivity (Wildman–Crippen MR) is 73.5 cm³/mol. The van der Waals surface area contributed by atoms with E-state index in [-0.39, 0.29) is 5.78 Å². The van der Waals surface area contributed by atoms with E-state index in [1.807, 2.05) is 10.9 Å². The van der Waals surface area contributed by atoms with E-state index in [0.29, 0.717) is 22.7 Å². The van der Waals surface area contributed by atoms with Crippen molar-refractivity contribution in [2.75, 3.05) is 5.73 Å². The number of nitrogen functional groups attached to an aromatic ring is 1. The number of hydrogen-bond donors (Lipinski definition) is 1. The Morgan fingerprint density at radius 1 is 1.42 bits per heavy atom. The van der Waals surface area contributed by atoms with Crippen LogP contribution in [0.15, 0.2) is 30.6 Å². The van der Waals surface area contributed by atoms with Crippen molar-refractivity contribution in [1.29, 1.82) is 0 Å². The van der Waals surface area contributed by atoms with Crippen LogP contribution in [0.1, 0.15) is 30.6 Å². The van der Waals surface area contributed by atoms with E-state index < -0.39 is 0 Å². The number of hydrogen-bond acceptors (Lipinski definition) is 4. The van der Waals surface area contributed by atoms with Gasteiger partial charge in [-0.3, -0.25) is 9.48 Å². The second kappa shape index (κ2) is 5.56. The number of aromatic nitrogens is 2. The van der Waals surface area contributed by atoms with Crippen molar-refractivity contribution >= 4 is 11.5 Å². The van der Waals surface area contributed by atoms with Crippen LogP contribution in [0.5, 0.6) is 11.5 Å². The van der Waals surface area contributed by atoms with Gasteiger partial charge in [-0.05, 0) is 25.5 Å². The average Bonchev–Trinajstić information content (AvgIpc) is 2.76. The van der Waals surface area contributed by atoms with Gasteiger partial charge < -0.3 is 10.5 Å². The van der Waals surface area contributed by atoms with E-state index in [1.54, 1.807) is 24.4 Å². The molecule has 1 aromatic heterocycles. The molecule has 0 amide bonds. The van der Waals surface area contributed by atoms with Gasteiger partial charge in [0.05, 0.1) is 12.4 Å². The van der Waals surface area contributed by atoms with Crippen LogP contribution in [0.2, 0.25) is 0 Å². The van der Waals surface area contributed by atoms with Crippen molar-refractivity contribution in [2.45, 2.75) is 26.8 Å². The fraction of sp³-hybridized carbons (Fsp3) is 0.286. The first-order valence-corrected chi connectivity index (χ1v) is 6.21. The molecule has 0 fully saturated rings. The summed E-state index contributed by atoms with van der Waals surface area (Å²) in [6.45, 7) is 4.43. The zero-order valence-corrected chi connectivity index (χ0v) is 11.1. The molecule has 2 rings (SSSR count). The van der Waals surface area contributed by atoms with Gasteiger partial charge >= 0.3 is 0 Å². The molecule has 1 heterocycles. The molecule has 0 spiro atoms. The van der Waals surface area contributed by atoms with Crippen molar-refractivity contribution < 1.29 is 9.53 Å². The average molecular weight is 259 g/mol. The zero-order valence-electron chi connectivity index (χ0n) is 11.1. The highest BCUT2D eigenvalue weighted by molar-refractivity contribution is 5.99. The fourth-order valence-corrected chi connectivity index (χ4v) is 1.81. The monoisotopic (exact) mass is 259 g/mol. The highest BCUT2D eigenvalue weighted by Crippen LogP contribution is 2.25. The molecule has 0 unspecified atom stereocenters. The van der Waals surface area contributed by atoms with E-state index in [4.69, 9.17) is 10.5 Å². The second-order valence-electron chi connectivity index (χ2n) is 4.35. The number of anilines is 1. The molecule has 5 nitrogen and oxygen atoms in total. The first-order chi connectivity index (χ1) is 9.10. The number of nitrogens with zero attached hydrogens (tertiary/aromatic N) is 2. The van der Waals surface area contributed by atoms with Gasteiger partial charge in [0.25, 0.3) is 0 Å². The Kier molecular flexibility index (Phi) is 3.85. The van der Waals surface area contributed by atoms with Crippen LogP contribution < -0.4 is 10.5 Å². The Bertz CT molecular complexity index is 590. The number of benzene rings is 1. The molecule has 5 heteroatoms. The quantitative estimate of drug-likeness (QED) is 0.662. The minimum absolute atomic E-state index is 0.0557. The molecule has 0 saturated carbocycles. The molecular formula is C14H17N3O2. The maximum atomic E-state index is 11.3. The summed E-state index contributed by atoms with van der Waals surface area (Å²) in [7, 11) is 0. The third-order valence-electron chi connectivity index (χ3n) is 2.70. The number of rotatable bonds is 5. The molecule has 0 aliphatic carbocycles. The van der Waals surface area contributed by atoms with Crippen LogP contribution >= 0.6 is 0 Å². The van der Waals surface area contributed by atoms with Gasteiger partial charge in [0, 0.05) is 23.9 Å². The van der Waals surface area contributed by atoms with Crippen LogP contribution in [0.4, 0.5) is 5.69 Å². The van der Waals surface area contributed by atoms with Gasteiger partial charge in [0.15, 0.2) is 11.5 Å². The van der Waals surface area contributed by atoms with Gasteiger partial charge in [0.2, 0.25) is 0 Å². The summed E-state index contributed by atoms with van der Waals surface area (Å²) >= 11 is 0. The SMILES string of the molecule is CCCn1cc(Oc2ccc(C(C)=O)c(N)c2)cn1. The summed E-state index contributed by atoms with van der Waals surface area (Å²) in [6, 6.07) is 5.04. The number of carbonyl (C=O) groups excluding carboxylic acids is 1. The van der Waals surface area contributed by atoms with E-state index >= 15 is 0 Å². The molecule has 1 aromatic carbocycles. The fourth-order valence-electron chi connectivity index (χ4n) is 1.81. The molecule has 2 aromatic rings. The summed E-state index contributed by atoms with van der Waals surface area (Å²) in [4.78, 5) is 11.3. The summed E-state index contributed by atoms with van der Waals surface area (Å²) in [6.07, 6.45) is 4.50. The maximum Gasteiger partial charge on any atom is 0.165 e. The van der Waals surface area contributed by atoms with E-state index in [1.165, 1.54) is 6.92 Å². The minimum Gasteiger partial charge on any atom is -0.454 e. The number of carbonyl (C=O) groups is 1. The van der Waals surface area contributed by atoms with Crippen molar-refractivity contribution in [3.63, 3.8) is 0 Å². The smallest absolute Gasteiger partial charge is 0.165 e. The minimum atomic E-state index is -0.0557. The van der Waals surface area contributed by atoms with Crippen LogP contribution in [0, 0.1) is 0 Å². The highest BCUT2D eigenvalue weighted by Gasteiger charge is 2.07. The molecule has 0 bridgehead atoms. The lowest BCUT2D eigenvalue weighted by atomic mass is 10.1. The Labute approximate surface area is 112 Å². The van der Waals surface area contributed by atoms with Crippen molar-refractivity contribution in [1.82, 2.24) is 9.78 Å². The van der Waals surface area contributed by atoms with Crippen molar-refractivity contribution in [3.8, 4) is 11.5 Å². The van der Waals surface area contributed by atoms with E-state index in [0.717, 1.165) is 13.0 Å². The second-order valence-corrected chi connectivity index (χ2v) is 4.35. The Balaban J connectivity index is 2.14. The Morgan fingerprint density at radius 2 is 2.21 bits per heavy atom. The maximum absolute atomic E-state index is 11.3. The standard InChI is InChI=1S/C14H17N3O2/c1-3-6-17-9-12(8-16-17)19-11-4-5-13(10(2)18)14(15)7-11/h4-5,7-9H,3,6,15H2,1-2H3. The predicted octanol–water partition coefficient (Wildman–Crippen LogP) is 2.87. The van der Waals surface area contributed by atoms with Crippen molar-refractivity contribution in [2.24, 2.45) is 0 Å². The highest BCUT2D eigenvalue weighted by atomic mass is 16.5. The van der Waals surface area contributed by atoms with Crippen LogP contribution in [0.25, 0.3) is 0 Å². The van der Waals surface area contributed by atoms with Gasteiger partial charge in [0.1, 0.15) is 5.75 Å². The third kappa shape index (κ3) is 3.13. The molecule has 2 N–H and O–H groups in total.